The van der Waals surface area contributed by atoms with E-state index in [0.717, 1.165) is 24.0 Å². The average molecular weight is 327 g/mol. The van der Waals surface area contributed by atoms with E-state index in [9.17, 15) is 0 Å². The number of nitrogens with two attached hydrogens (primary N) is 1. The number of rotatable bonds is 3. The molecule has 0 aromatic heterocycles. The predicted molar refractivity (Wildman–Crippen MR) is 83.7 cm³/mol. The lowest BCUT2D eigenvalue weighted by Crippen LogP contribution is -2.52. The third kappa shape index (κ3) is 3.71. The lowest BCUT2D eigenvalue weighted by molar-refractivity contribution is -0.0750. The summed E-state index contributed by atoms with van der Waals surface area (Å²) in [4.78, 5) is 2.42. The van der Waals surface area contributed by atoms with Crippen LogP contribution in [0.3, 0.4) is 0 Å². The van der Waals surface area contributed by atoms with Crippen molar-refractivity contribution in [2.75, 3.05) is 24.5 Å². The second-order valence-electron chi connectivity index (χ2n) is 5.88. The zero-order chi connectivity index (χ0) is 14.0. The molecule has 1 aromatic carbocycles. The first-order valence-electron chi connectivity index (χ1n) is 6.82. The van der Waals surface area contributed by atoms with E-state index in [1.807, 2.05) is 0 Å². The lowest BCUT2D eigenvalue weighted by atomic mass is 10.0. The summed E-state index contributed by atoms with van der Waals surface area (Å²) >= 11 is 3.57. The van der Waals surface area contributed by atoms with Crippen molar-refractivity contribution >= 4 is 21.6 Å². The van der Waals surface area contributed by atoms with E-state index in [1.54, 1.807) is 0 Å². The molecule has 0 spiro atoms. The molecule has 3 nitrogen and oxygen atoms in total. The zero-order valence-corrected chi connectivity index (χ0v) is 13.5. The highest BCUT2D eigenvalue weighted by atomic mass is 79.9. The van der Waals surface area contributed by atoms with Gasteiger partial charge in [0.1, 0.15) is 0 Å². The van der Waals surface area contributed by atoms with Crippen LogP contribution >= 0.6 is 15.9 Å². The van der Waals surface area contributed by atoms with Crippen molar-refractivity contribution in [1.29, 1.82) is 0 Å². The molecular formula is C15H23BrN2O. The number of hydrogen-bond donors (Lipinski definition) is 1. The summed E-state index contributed by atoms with van der Waals surface area (Å²) < 4.78 is 7.09. The second kappa shape index (κ2) is 5.81. The standard InChI is InChI=1S/C15H23BrN2O/c1-11-9-18(10-15(2,3)19-11)14-8-13(16)5-4-12(14)6-7-17/h4-5,8,11H,6-7,9-10,17H2,1-3H3. The Morgan fingerprint density at radius 2 is 2.21 bits per heavy atom. The fraction of sp³-hybridized carbons (Fsp3) is 0.600. The van der Waals surface area contributed by atoms with Crippen molar-refractivity contribution < 1.29 is 4.74 Å². The van der Waals surface area contributed by atoms with Crippen LogP contribution in [0, 0.1) is 0 Å². The van der Waals surface area contributed by atoms with Crippen molar-refractivity contribution in [3.05, 3.63) is 28.2 Å². The van der Waals surface area contributed by atoms with Gasteiger partial charge in [0.05, 0.1) is 11.7 Å². The molecule has 1 atom stereocenters. The topological polar surface area (TPSA) is 38.5 Å². The van der Waals surface area contributed by atoms with Gasteiger partial charge in [-0.05, 0) is 51.4 Å². The van der Waals surface area contributed by atoms with Crippen molar-refractivity contribution in [3.8, 4) is 0 Å². The fourth-order valence-corrected chi connectivity index (χ4v) is 3.18. The van der Waals surface area contributed by atoms with Gasteiger partial charge in [-0.25, -0.2) is 0 Å². The van der Waals surface area contributed by atoms with Crippen LogP contribution in [0.1, 0.15) is 26.3 Å². The Morgan fingerprint density at radius 1 is 1.47 bits per heavy atom. The molecule has 1 saturated heterocycles. The molecule has 0 radical (unpaired) electrons. The molecule has 1 fully saturated rings. The normalized spacial score (nSPS) is 22.6. The predicted octanol–water partition coefficient (Wildman–Crippen LogP) is 2.95. The highest BCUT2D eigenvalue weighted by Gasteiger charge is 2.32. The van der Waals surface area contributed by atoms with Gasteiger partial charge < -0.3 is 15.4 Å². The van der Waals surface area contributed by atoms with Crippen molar-refractivity contribution in [2.45, 2.75) is 38.9 Å². The van der Waals surface area contributed by atoms with Crippen LogP contribution < -0.4 is 10.6 Å². The maximum absolute atomic E-state index is 5.98. The molecular weight excluding hydrogens is 304 g/mol. The first-order chi connectivity index (χ1) is 8.91. The van der Waals surface area contributed by atoms with Crippen molar-refractivity contribution in [1.82, 2.24) is 0 Å². The van der Waals surface area contributed by atoms with Crippen LogP contribution in [0.4, 0.5) is 5.69 Å². The number of nitrogens with zero attached hydrogens (tertiary/aromatic N) is 1. The van der Waals surface area contributed by atoms with Crippen LogP contribution in [0.15, 0.2) is 22.7 Å². The monoisotopic (exact) mass is 326 g/mol. The summed E-state index contributed by atoms with van der Waals surface area (Å²) in [6.07, 6.45) is 1.16. The van der Waals surface area contributed by atoms with Gasteiger partial charge in [-0.15, -0.1) is 0 Å². The summed E-state index contributed by atoms with van der Waals surface area (Å²) in [5.74, 6) is 0. The number of halogens is 1. The Hall–Kier alpha value is -0.580. The molecule has 1 aliphatic heterocycles. The highest BCUT2D eigenvalue weighted by Crippen LogP contribution is 2.31. The quantitative estimate of drug-likeness (QED) is 0.928. The largest absolute Gasteiger partial charge is 0.369 e. The summed E-state index contributed by atoms with van der Waals surface area (Å²) in [5.41, 5.74) is 8.21. The minimum Gasteiger partial charge on any atom is -0.369 e. The Bertz CT molecular complexity index is 448. The molecule has 0 bridgehead atoms. The van der Waals surface area contributed by atoms with Gasteiger partial charge in [-0.3, -0.25) is 0 Å². The van der Waals surface area contributed by atoms with Crippen LogP contribution in [0.25, 0.3) is 0 Å². The molecule has 4 heteroatoms. The van der Waals surface area contributed by atoms with E-state index in [0.29, 0.717) is 6.54 Å². The second-order valence-corrected chi connectivity index (χ2v) is 6.80. The number of hydrogen-bond acceptors (Lipinski definition) is 3. The molecule has 19 heavy (non-hydrogen) atoms. The zero-order valence-electron chi connectivity index (χ0n) is 11.9. The first-order valence-corrected chi connectivity index (χ1v) is 7.62. The SMILES string of the molecule is CC1CN(c2cc(Br)ccc2CCN)CC(C)(C)O1. The Kier molecular flexibility index (Phi) is 4.54. The minimum atomic E-state index is -0.111. The van der Waals surface area contributed by atoms with Gasteiger partial charge in [0.2, 0.25) is 0 Å². The number of anilines is 1. The van der Waals surface area contributed by atoms with E-state index in [1.165, 1.54) is 11.3 Å². The maximum atomic E-state index is 5.98. The number of morpholine rings is 1. The summed E-state index contributed by atoms with van der Waals surface area (Å²) in [7, 11) is 0. The number of benzene rings is 1. The summed E-state index contributed by atoms with van der Waals surface area (Å²) in [6.45, 7) is 8.95. The van der Waals surface area contributed by atoms with E-state index < -0.39 is 0 Å². The van der Waals surface area contributed by atoms with E-state index >= 15 is 0 Å². The fourth-order valence-electron chi connectivity index (χ4n) is 2.84. The third-order valence-electron chi connectivity index (χ3n) is 3.37. The first kappa shape index (κ1) is 14.8. The molecule has 0 aliphatic carbocycles. The number of ether oxygens (including phenoxy) is 1. The molecule has 0 amide bonds. The molecule has 1 unspecified atom stereocenters. The van der Waals surface area contributed by atoms with Gasteiger partial charge in [-0.2, -0.15) is 0 Å². The maximum Gasteiger partial charge on any atom is 0.0805 e. The molecule has 1 aromatic rings. The van der Waals surface area contributed by atoms with Crippen LogP contribution in [-0.2, 0) is 11.2 Å². The van der Waals surface area contributed by atoms with Gasteiger partial charge in [0, 0.05) is 23.2 Å². The Balaban J connectivity index is 2.31. The molecule has 1 aliphatic rings. The molecule has 0 saturated carbocycles. The Labute approximate surface area is 124 Å². The molecule has 2 rings (SSSR count). The Morgan fingerprint density at radius 3 is 2.84 bits per heavy atom. The smallest absolute Gasteiger partial charge is 0.0805 e. The minimum absolute atomic E-state index is 0.111. The van der Waals surface area contributed by atoms with Crippen LogP contribution in [0.2, 0.25) is 0 Å². The van der Waals surface area contributed by atoms with Crippen molar-refractivity contribution in [2.24, 2.45) is 5.73 Å². The summed E-state index contributed by atoms with van der Waals surface area (Å²) in [5, 5.41) is 0. The molecule has 2 N–H and O–H groups in total. The van der Waals surface area contributed by atoms with Gasteiger partial charge in [0.25, 0.3) is 0 Å². The lowest BCUT2D eigenvalue weighted by Gasteiger charge is -2.43. The van der Waals surface area contributed by atoms with Crippen molar-refractivity contribution in [3.63, 3.8) is 0 Å². The summed E-state index contributed by atoms with van der Waals surface area (Å²) in [6, 6.07) is 6.45. The van der Waals surface area contributed by atoms with E-state index in [2.05, 4.69) is 59.8 Å². The van der Waals surface area contributed by atoms with Crippen LogP contribution in [0.5, 0.6) is 0 Å². The van der Waals surface area contributed by atoms with Gasteiger partial charge >= 0.3 is 0 Å². The molecule has 106 valence electrons. The average Bonchev–Trinajstić information content (AvgIpc) is 2.29. The van der Waals surface area contributed by atoms with Gasteiger partial charge in [0.15, 0.2) is 0 Å². The van der Waals surface area contributed by atoms with E-state index in [-0.39, 0.29) is 11.7 Å². The van der Waals surface area contributed by atoms with Gasteiger partial charge in [-0.1, -0.05) is 22.0 Å². The van der Waals surface area contributed by atoms with Crippen LogP contribution in [-0.4, -0.2) is 31.3 Å². The third-order valence-corrected chi connectivity index (χ3v) is 3.86. The molecule has 1 heterocycles. The van der Waals surface area contributed by atoms with E-state index in [4.69, 9.17) is 10.5 Å². The highest BCUT2D eigenvalue weighted by molar-refractivity contribution is 9.10.